The van der Waals surface area contributed by atoms with E-state index in [9.17, 15) is 0 Å². The summed E-state index contributed by atoms with van der Waals surface area (Å²) >= 11 is 0. The quantitative estimate of drug-likeness (QED) is 0.792. The molecule has 0 amide bonds. The second kappa shape index (κ2) is 6.31. The molecular formula is C15H18N2O. The lowest BCUT2D eigenvalue weighted by Crippen LogP contribution is -2.31. The maximum atomic E-state index is 6.31. The van der Waals surface area contributed by atoms with Crippen molar-refractivity contribution in [2.75, 3.05) is 7.11 Å². The van der Waals surface area contributed by atoms with Crippen LogP contribution in [0, 0.1) is 0 Å². The number of hydrogen-bond donors (Lipinski definition) is 2. The maximum absolute atomic E-state index is 6.31. The molecule has 18 heavy (non-hydrogen) atoms. The molecule has 0 aliphatic carbocycles. The number of hydrogen-bond acceptors (Lipinski definition) is 3. The van der Waals surface area contributed by atoms with E-state index >= 15 is 0 Å². The van der Waals surface area contributed by atoms with Crippen LogP contribution in [0.5, 0.6) is 0 Å². The Balaban J connectivity index is 2.26. The maximum Gasteiger partial charge on any atom is 0.0764 e. The van der Waals surface area contributed by atoms with Crippen LogP contribution in [0.1, 0.15) is 23.2 Å². The molecule has 0 heterocycles. The van der Waals surface area contributed by atoms with Gasteiger partial charge in [-0.05, 0) is 11.1 Å². The van der Waals surface area contributed by atoms with Crippen molar-refractivity contribution in [1.29, 1.82) is 0 Å². The molecule has 2 unspecified atom stereocenters. The van der Waals surface area contributed by atoms with Gasteiger partial charge in [-0.25, -0.2) is 0 Å². The first-order valence-corrected chi connectivity index (χ1v) is 5.97. The van der Waals surface area contributed by atoms with Crippen LogP contribution < -0.4 is 11.2 Å². The van der Waals surface area contributed by atoms with Crippen LogP contribution in [0.25, 0.3) is 0 Å². The molecule has 2 rings (SSSR count). The summed E-state index contributed by atoms with van der Waals surface area (Å²) in [4.78, 5) is 5.07. The van der Waals surface area contributed by atoms with Gasteiger partial charge in [0.25, 0.3) is 0 Å². The highest BCUT2D eigenvalue weighted by Crippen LogP contribution is 2.26. The molecule has 0 saturated carbocycles. The van der Waals surface area contributed by atoms with Gasteiger partial charge in [-0.1, -0.05) is 60.7 Å². The van der Waals surface area contributed by atoms with Gasteiger partial charge in [-0.2, -0.15) is 5.48 Å². The molecule has 0 radical (unpaired) electrons. The SMILES string of the molecule is CONC(c1ccccc1)C(N)c1ccccc1. The zero-order valence-electron chi connectivity index (χ0n) is 10.4. The second-order valence-corrected chi connectivity index (χ2v) is 4.15. The zero-order valence-corrected chi connectivity index (χ0v) is 10.4. The molecule has 0 saturated heterocycles. The van der Waals surface area contributed by atoms with Crippen LogP contribution in [-0.2, 0) is 4.84 Å². The van der Waals surface area contributed by atoms with Gasteiger partial charge in [-0.15, -0.1) is 0 Å². The fourth-order valence-electron chi connectivity index (χ4n) is 2.00. The topological polar surface area (TPSA) is 47.3 Å². The monoisotopic (exact) mass is 242 g/mol. The van der Waals surface area contributed by atoms with Gasteiger partial charge in [-0.3, -0.25) is 0 Å². The molecule has 0 fully saturated rings. The van der Waals surface area contributed by atoms with Crippen molar-refractivity contribution in [3.05, 3.63) is 71.8 Å². The Morgan fingerprint density at radius 2 is 1.39 bits per heavy atom. The van der Waals surface area contributed by atoms with E-state index in [0.29, 0.717) is 0 Å². The molecule has 2 aromatic rings. The van der Waals surface area contributed by atoms with E-state index in [1.807, 2.05) is 60.7 Å². The van der Waals surface area contributed by atoms with Crippen LogP contribution in [0.4, 0.5) is 0 Å². The summed E-state index contributed by atoms with van der Waals surface area (Å²) in [6.07, 6.45) is 0. The standard InChI is InChI=1S/C15H18N2O/c1-18-17-15(13-10-6-3-7-11-13)14(16)12-8-4-2-5-9-12/h2-11,14-15,17H,16H2,1H3. The predicted molar refractivity (Wildman–Crippen MR) is 72.7 cm³/mol. The van der Waals surface area contributed by atoms with Crippen LogP contribution in [0.15, 0.2) is 60.7 Å². The normalized spacial score (nSPS) is 14.1. The van der Waals surface area contributed by atoms with E-state index in [-0.39, 0.29) is 12.1 Å². The van der Waals surface area contributed by atoms with Crippen LogP contribution >= 0.6 is 0 Å². The van der Waals surface area contributed by atoms with Crippen LogP contribution in [0.3, 0.4) is 0 Å². The van der Waals surface area contributed by atoms with Crippen molar-refractivity contribution in [3.63, 3.8) is 0 Å². The smallest absolute Gasteiger partial charge is 0.0764 e. The minimum absolute atomic E-state index is 0.0707. The van der Waals surface area contributed by atoms with Gasteiger partial charge in [0, 0.05) is 0 Å². The average molecular weight is 242 g/mol. The summed E-state index contributed by atoms with van der Waals surface area (Å²) in [5.74, 6) is 0. The lowest BCUT2D eigenvalue weighted by Gasteiger charge is -2.24. The molecule has 0 bridgehead atoms. The first kappa shape index (κ1) is 12.8. The van der Waals surface area contributed by atoms with Gasteiger partial charge >= 0.3 is 0 Å². The number of nitrogens with two attached hydrogens (primary N) is 1. The Morgan fingerprint density at radius 3 is 1.89 bits per heavy atom. The Kier molecular flexibility index (Phi) is 4.47. The fourth-order valence-corrected chi connectivity index (χ4v) is 2.00. The third kappa shape index (κ3) is 2.96. The zero-order chi connectivity index (χ0) is 12.8. The minimum atomic E-state index is -0.159. The summed E-state index contributed by atoms with van der Waals surface area (Å²) in [7, 11) is 1.60. The van der Waals surface area contributed by atoms with Crippen LogP contribution in [0.2, 0.25) is 0 Å². The van der Waals surface area contributed by atoms with E-state index < -0.39 is 0 Å². The molecule has 0 spiro atoms. The van der Waals surface area contributed by atoms with E-state index in [1.165, 1.54) is 0 Å². The van der Waals surface area contributed by atoms with E-state index in [0.717, 1.165) is 11.1 Å². The summed E-state index contributed by atoms with van der Waals surface area (Å²) in [5, 5.41) is 0. The molecule has 3 heteroatoms. The largest absolute Gasteiger partial charge is 0.322 e. The third-order valence-electron chi connectivity index (χ3n) is 2.95. The number of nitrogens with one attached hydrogen (secondary N) is 1. The number of hydroxylamine groups is 1. The van der Waals surface area contributed by atoms with Gasteiger partial charge < -0.3 is 10.6 Å². The molecule has 94 valence electrons. The molecule has 2 atom stereocenters. The van der Waals surface area contributed by atoms with Crippen molar-refractivity contribution in [2.24, 2.45) is 5.73 Å². The van der Waals surface area contributed by atoms with Crippen molar-refractivity contribution >= 4 is 0 Å². The minimum Gasteiger partial charge on any atom is -0.322 e. The van der Waals surface area contributed by atoms with E-state index in [1.54, 1.807) is 7.11 Å². The predicted octanol–water partition coefficient (Wildman–Crippen LogP) is 2.58. The molecule has 0 aliphatic heterocycles. The van der Waals surface area contributed by atoms with Gasteiger partial charge in [0.15, 0.2) is 0 Å². The van der Waals surface area contributed by atoms with Crippen molar-refractivity contribution < 1.29 is 4.84 Å². The first-order chi connectivity index (χ1) is 8.83. The molecule has 3 nitrogen and oxygen atoms in total. The highest BCUT2D eigenvalue weighted by molar-refractivity contribution is 5.26. The van der Waals surface area contributed by atoms with Crippen molar-refractivity contribution in [3.8, 4) is 0 Å². The van der Waals surface area contributed by atoms with Gasteiger partial charge in [0.1, 0.15) is 0 Å². The summed E-state index contributed by atoms with van der Waals surface area (Å²) in [6, 6.07) is 19.9. The van der Waals surface area contributed by atoms with Crippen molar-refractivity contribution in [2.45, 2.75) is 12.1 Å². The van der Waals surface area contributed by atoms with Crippen LogP contribution in [-0.4, -0.2) is 7.11 Å². The summed E-state index contributed by atoms with van der Waals surface area (Å²) in [5.41, 5.74) is 11.5. The Hall–Kier alpha value is -1.68. The van der Waals surface area contributed by atoms with Crippen molar-refractivity contribution in [1.82, 2.24) is 5.48 Å². The Bertz CT molecular complexity index is 458. The molecule has 0 aliphatic rings. The van der Waals surface area contributed by atoms with E-state index in [2.05, 4.69) is 5.48 Å². The fraction of sp³-hybridized carbons (Fsp3) is 0.200. The second-order valence-electron chi connectivity index (χ2n) is 4.15. The molecular weight excluding hydrogens is 224 g/mol. The lowest BCUT2D eigenvalue weighted by molar-refractivity contribution is 0.0520. The third-order valence-corrected chi connectivity index (χ3v) is 2.95. The summed E-state index contributed by atoms with van der Waals surface area (Å²) < 4.78 is 0. The number of rotatable bonds is 5. The Labute approximate surface area is 108 Å². The van der Waals surface area contributed by atoms with E-state index in [4.69, 9.17) is 10.6 Å². The molecule has 2 aromatic carbocycles. The number of benzene rings is 2. The average Bonchev–Trinajstić information content (AvgIpc) is 2.46. The van der Waals surface area contributed by atoms with Gasteiger partial charge in [0.2, 0.25) is 0 Å². The highest BCUT2D eigenvalue weighted by Gasteiger charge is 2.20. The molecule has 0 aromatic heterocycles. The van der Waals surface area contributed by atoms with Gasteiger partial charge in [0.05, 0.1) is 19.2 Å². The summed E-state index contributed by atoms with van der Waals surface area (Å²) in [6.45, 7) is 0. The highest BCUT2D eigenvalue weighted by atomic mass is 16.6. The first-order valence-electron chi connectivity index (χ1n) is 5.97. The Morgan fingerprint density at radius 1 is 0.889 bits per heavy atom. The lowest BCUT2D eigenvalue weighted by atomic mass is 9.95. The molecule has 3 N–H and O–H groups in total.